The van der Waals surface area contributed by atoms with E-state index in [1.165, 1.54) is 0 Å². The van der Waals surface area contributed by atoms with E-state index in [-0.39, 0.29) is 12.0 Å². The molecule has 1 atom stereocenters. The van der Waals surface area contributed by atoms with Crippen LogP contribution in [0.2, 0.25) is 0 Å². The highest BCUT2D eigenvalue weighted by Crippen LogP contribution is 2.02. The second-order valence-electron chi connectivity index (χ2n) is 5.35. The summed E-state index contributed by atoms with van der Waals surface area (Å²) in [5.74, 6) is 0.0138. The van der Waals surface area contributed by atoms with Gasteiger partial charge in [0.1, 0.15) is 0 Å². The molecule has 0 radical (unpaired) electrons. The van der Waals surface area contributed by atoms with Crippen molar-refractivity contribution in [3.63, 3.8) is 0 Å². The Hall–Kier alpha value is -1.43. The standard InChI is InChI=1S/C16H24N2O3/c1-18-8-10-21-15(12-18)11-17-16(19)7-9-20-13-14-5-3-2-4-6-14/h2-6,15H,7-13H2,1H3,(H,17,19)/t15-/m0/s1. The van der Waals surface area contributed by atoms with Crippen molar-refractivity contribution in [3.8, 4) is 0 Å². The van der Waals surface area contributed by atoms with Gasteiger partial charge in [0.05, 0.1) is 25.9 Å². The molecule has 5 nitrogen and oxygen atoms in total. The lowest BCUT2D eigenvalue weighted by molar-refractivity contribution is -0.123. The van der Waals surface area contributed by atoms with Gasteiger partial charge in [0.2, 0.25) is 5.91 Å². The van der Waals surface area contributed by atoms with E-state index < -0.39 is 0 Å². The Morgan fingerprint density at radius 1 is 1.43 bits per heavy atom. The second-order valence-corrected chi connectivity index (χ2v) is 5.35. The number of benzene rings is 1. The molecule has 1 fully saturated rings. The van der Waals surface area contributed by atoms with Crippen molar-refractivity contribution in [1.29, 1.82) is 0 Å². The zero-order chi connectivity index (χ0) is 14.9. The predicted octanol–water partition coefficient (Wildman–Crippen LogP) is 1.04. The van der Waals surface area contributed by atoms with E-state index in [0.29, 0.717) is 26.2 Å². The number of hydrogen-bond acceptors (Lipinski definition) is 4. The van der Waals surface area contributed by atoms with Gasteiger partial charge in [-0.2, -0.15) is 0 Å². The van der Waals surface area contributed by atoms with Gasteiger partial charge in [0.25, 0.3) is 0 Å². The Morgan fingerprint density at radius 3 is 3.00 bits per heavy atom. The van der Waals surface area contributed by atoms with Crippen LogP contribution in [0.5, 0.6) is 0 Å². The maximum absolute atomic E-state index is 11.7. The molecule has 21 heavy (non-hydrogen) atoms. The molecule has 1 aromatic carbocycles. The number of likely N-dealkylation sites (N-methyl/N-ethyl adjacent to an activating group) is 1. The minimum absolute atomic E-state index is 0.0138. The van der Waals surface area contributed by atoms with E-state index in [4.69, 9.17) is 9.47 Å². The van der Waals surface area contributed by atoms with Gasteiger partial charge in [0, 0.05) is 26.1 Å². The summed E-state index contributed by atoms with van der Waals surface area (Å²) in [6.07, 6.45) is 0.480. The number of amides is 1. The van der Waals surface area contributed by atoms with Crippen LogP contribution in [0.15, 0.2) is 30.3 Å². The fourth-order valence-corrected chi connectivity index (χ4v) is 2.24. The Bertz CT molecular complexity index is 425. The van der Waals surface area contributed by atoms with Crippen molar-refractivity contribution in [1.82, 2.24) is 10.2 Å². The number of ether oxygens (including phenoxy) is 2. The predicted molar refractivity (Wildman–Crippen MR) is 81.0 cm³/mol. The highest BCUT2D eigenvalue weighted by Gasteiger charge is 2.17. The SMILES string of the molecule is CN1CCO[C@@H](CNC(=O)CCOCc2ccccc2)C1. The molecule has 1 amide bonds. The molecule has 1 aliphatic rings. The first-order chi connectivity index (χ1) is 10.2. The molecule has 1 N–H and O–H groups in total. The normalized spacial score (nSPS) is 19.4. The summed E-state index contributed by atoms with van der Waals surface area (Å²) in [5.41, 5.74) is 1.12. The van der Waals surface area contributed by atoms with Crippen LogP contribution in [0.1, 0.15) is 12.0 Å². The largest absolute Gasteiger partial charge is 0.376 e. The van der Waals surface area contributed by atoms with Crippen LogP contribution in [0.3, 0.4) is 0 Å². The van der Waals surface area contributed by atoms with E-state index >= 15 is 0 Å². The Morgan fingerprint density at radius 2 is 2.24 bits per heavy atom. The van der Waals surface area contributed by atoms with Gasteiger partial charge in [-0.25, -0.2) is 0 Å². The van der Waals surface area contributed by atoms with Gasteiger partial charge in [-0.1, -0.05) is 30.3 Å². The minimum atomic E-state index is 0.0138. The number of nitrogens with one attached hydrogen (secondary N) is 1. The highest BCUT2D eigenvalue weighted by molar-refractivity contribution is 5.75. The van der Waals surface area contributed by atoms with Crippen molar-refractivity contribution in [2.45, 2.75) is 19.1 Å². The lowest BCUT2D eigenvalue weighted by atomic mass is 10.2. The summed E-state index contributed by atoms with van der Waals surface area (Å²) in [6.45, 7) is 4.11. The molecule has 1 aliphatic heterocycles. The Balaban J connectivity index is 1.53. The van der Waals surface area contributed by atoms with E-state index in [9.17, 15) is 4.79 Å². The molecule has 1 aromatic rings. The molecular weight excluding hydrogens is 268 g/mol. The number of morpholine rings is 1. The summed E-state index contributed by atoms with van der Waals surface area (Å²) in [4.78, 5) is 13.9. The summed E-state index contributed by atoms with van der Waals surface area (Å²) in [5, 5.41) is 2.90. The summed E-state index contributed by atoms with van der Waals surface area (Å²) >= 11 is 0. The summed E-state index contributed by atoms with van der Waals surface area (Å²) in [6, 6.07) is 9.95. The molecule has 0 bridgehead atoms. The first-order valence-corrected chi connectivity index (χ1v) is 7.42. The average Bonchev–Trinajstić information content (AvgIpc) is 2.51. The molecule has 1 heterocycles. The van der Waals surface area contributed by atoms with E-state index in [1.807, 2.05) is 30.3 Å². The molecule has 0 saturated carbocycles. The molecule has 2 rings (SSSR count). The first-order valence-electron chi connectivity index (χ1n) is 7.42. The van der Waals surface area contributed by atoms with Crippen LogP contribution in [0, 0.1) is 0 Å². The van der Waals surface area contributed by atoms with E-state index in [2.05, 4.69) is 17.3 Å². The molecule has 0 spiro atoms. The monoisotopic (exact) mass is 292 g/mol. The van der Waals surface area contributed by atoms with Crippen LogP contribution < -0.4 is 5.32 Å². The first kappa shape index (κ1) is 15.9. The number of carbonyl (C=O) groups is 1. The molecule has 0 aliphatic carbocycles. The third kappa shape index (κ3) is 6.25. The van der Waals surface area contributed by atoms with Crippen molar-refractivity contribution in [2.75, 3.05) is 39.9 Å². The average molecular weight is 292 g/mol. The number of rotatable bonds is 7. The van der Waals surface area contributed by atoms with Crippen LogP contribution in [-0.2, 0) is 20.9 Å². The number of carbonyl (C=O) groups excluding carboxylic acids is 1. The quantitative estimate of drug-likeness (QED) is 0.763. The van der Waals surface area contributed by atoms with Crippen LogP contribution in [-0.4, -0.2) is 56.8 Å². The third-order valence-electron chi connectivity index (χ3n) is 3.45. The summed E-state index contributed by atoms with van der Waals surface area (Å²) < 4.78 is 11.1. The van der Waals surface area contributed by atoms with Gasteiger partial charge in [-0.15, -0.1) is 0 Å². The van der Waals surface area contributed by atoms with Crippen molar-refractivity contribution >= 4 is 5.91 Å². The molecule has 0 unspecified atom stereocenters. The lowest BCUT2D eigenvalue weighted by Crippen LogP contribution is -2.46. The molecule has 1 saturated heterocycles. The van der Waals surface area contributed by atoms with Crippen LogP contribution in [0.25, 0.3) is 0 Å². The van der Waals surface area contributed by atoms with Gasteiger partial charge in [0.15, 0.2) is 0 Å². The highest BCUT2D eigenvalue weighted by atomic mass is 16.5. The maximum Gasteiger partial charge on any atom is 0.222 e. The smallest absolute Gasteiger partial charge is 0.222 e. The van der Waals surface area contributed by atoms with E-state index in [0.717, 1.165) is 25.3 Å². The second kappa shape index (κ2) is 8.77. The Kier molecular flexibility index (Phi) is 6.66. The molecular formula is C16H24N2O3. The van der Waals surface area contributed by atoms with Gasteiger partial charge < -0.3 is 19.7 Å². The zero-order valence-corrected chi connectivity index (χ0v) is 12.6. The van der Waals surface area contributed by atoms with Crippen LogP contribution >= 0.6 is 0 Å². The number of hydrogen-bond donors (Lipinski definition) is 1. The van der Waals surface area contributed by atoms with E-state index in [1.54, 1.807) is 0 Å². The van der Waals surface area contributed by atoms with Crippen molar-refractivity contribution < 1.29 is 14.3 Å². The van der Waals surface area contributed by atoms with Gasteiger partial charge >= 0.3 is 0 Å². The van der Waals surface area contributed by atoms with Crippen molar-refractivity contribution in [2.24, 2.45) is 0 Å². The fraction of sp³-hybridized carbons (Fsp3) is 0.562. The molecule has 5 heteroatoms. The third-order valence-corrected chi connectivity index (χ3v) is 3.45. The summed E-state index contributed by atoms with van der Waals surface area (Å²) in [7, 11) is 2.06. The number of nitrogens with zero attached hydrogens (tertiary/aromatic N) is 1. The Labute approximate surface area is 126 Å². The minimum Gasteiger partial charge on any atom is -0.376 e. The van der Waals surface area contributed by atoms with Crippen molar-refractivity contribution in [3.05, 3.63) is 35.9 Å². The van der Waals surface area contributed by atoms with Crippen LogP contribution in [0.4, 0.5) is 0 Å². The molecule has 116 valence electrons. The molecule has 0 aromatic heterocycles. The van der Waals surface area contributed by atoms with Gasteiger partial charge in [-0.3, -0.25) is 4.79 Å². The lowest BCUT2D eigenvalue weighted by Gasteiger charge is -2.30. The van der Waals surface area contributed by atoms with Gasteiger partial charge in [-0.05, 0) is 12.6 Å². The maximum atomic E-state index is 11.7. The topological polar surface area (TPSA) is 50.8 Å². The zero-order valence-electron chi connectivity index (χ0n) is 12.6. The fourth-order valence-electron chi connectivity index (χ4n) is 2.24.